The van der Waals surface area contributed by atoms with Crippen LogP contribution in [0, 0.1) is 23.1 Å². The van der Waals surface area contributed by atoms with E-state index < -0.39 is 41.5 Å². The molecular weight excluding hydrogens is 327 g/mol. The highest BCUT2D eigenvalue weighted by atomic mass is 19.1. The van der Waals surface area contributed by atoms with E-state index in [0.29, 0.717) is 0 Å². The number of nitrogens with one attached hydrogen (secondary N) is 2. The molecule has 134 valence electrons. The molecule has 0 spiro atoms. The van der Waals surface area contributed by atoms with Crippen LogP contribution < -0.4 is 16.4 Å². The predicted molar refractivity (Wildman–Crippen MR) is 88.2 cm³/mol. The Kier molecular flexibility index (Phi) is 7.53. The summed E-state index contributed by atoms with van der Waals surface area (Å²) in [5, 5.41) is 13.7. The van der Waals surface area contributed by atoms with E-state index in [4.69, 9.17) is 11.0 Å². The van der Waals surface area contributed by atoms with E-state index in [2.05, 4.69) is 10.6 Å². The molecule has 0 unspecified atom stereocenters. The number of halogens is 1. The van der Waals surface area contributed by atoms with Gasteiger partial charge in [0, 0.05) is 19.3 Å². The van der Waals surface area contributed by atoms with Gasteiger partial charge in [-0.25, -0.2) is 4.39 Å². The molecule has 1 aromatic rings. The van der Waals surface area contributed by atoms with Gasteiger partial charge in [0.15, 0.2) is 0 Å². The zero-order valence-corrected chi connectivity index (χ0v) is 14.1. The molecule has 3 atom stereocenters. The van der Waals surface area contributed by atoms with Crippen molar-refractivity contribution < 1.29 is 18.8 Å². The molecule has 0 fully saturated rings. The minimum absolute atomic E-state index is 0.0457. The predicted octanol–water partition coefficient (Wildman–Crippen LogP) is 0.393. The Bertz CT molecular complexity index is 687. The van der Waals surface area contributed by atoms with Gasteiger partial charge in [-0.05, 0) is 25.0 Å². The Morgan fingerprint density at radius 2 is 1.88 bits per heavy atom. The van der Waals surface area contributed by atoms with Crippen LogP contribution in [0.5, 0.6) is 0 Å². The topological polar surface area (TPSA) is 125 Å². The molecule has 0 aromatic heterocycles. The van der Waals surface area contributed by atoms with Crippen LogP contribution >= 0.6 is 0 Å². The van der Waals surface area contributed by atoms with E-state index in [1.807, 2.05) is 6.07 Å². The standard InChI is InChI=1S/C17H21FN4O3/c1-10(9-19)7-14(16(20)24)22-17(25)15(21-11(2)23)8-12-5-3-4-6-13(12)18/h3-6,10,14-15H,7-8H2,1-2H3,(H2,20,24)(H,21,23)(H,22,25)/t10-,14-,15-/m1/s1. The smallest absolute Gasteiger partial charge is 0.243 e. The lowest BCUT2D eigenvalue weighted by molar-refractivity contribution is -0.131. The Labute approximate surface area is 145 Å². The molecule has 0 heterocycles. The van der Waals surface area contributed by atoms with E-state index in [-0.39, 0.29) is 18.4 Å². The van der Waals surface area contributed by atoms with Crippen LogP contribution in [-0.4, -0.2) is 29.8 Å². The van der Waals surface area contributed by atoms with Gasteiger partial charge < -0.3 is 16.4 Å². The minimum atomic E-state index is -1.08. The quantitative estimate of drug-likeness (QED) is 0.628. The van der Waals surface area contributed by atoms with E-state index in [9.17, 15) is 18.8 Å². The highest BCUT2D eigenvalue weighted by Gasteiger charge is 2.27. The van der Waals surface area contributed by atoms with Gasteiger partial charge in [-0.2, -0.15) is 5.26 Å². The van der Waals surface area contributed by atoms with E-state index in [1.165, 1.54) is 25.1 Å². The fraction of sp³-hybridized carbons (Fsp3) is 0.412. The third kappa shape index (κ3) is 6.59. The second-order valence-corrected chi connectivity index (χ2v) is 5.78. The summed E-state index contributed by atoms with van der Waals surface area (Å²) in [6.45, 7) is 2.82. The molecule has 8 heteroatoms. The molecular formula is C17H21FN4O3. The second-order valence-electron chi connectivity index (χ2n) is 5.78. The first-order chi connectivity index (χ1) is 11.7. The van der Waals surface area contributed by atoms with Crippen molar-refractivity contribution in [3.8, 4) is 6.07 Å². The zero-order valence-electron chi connectivity index (χ0n) is 14.1. The van der Waals surface area contributed by atoms with Gasteiger partial charge in [0.1, 0.15) is 17.9 Å². The van der Waals surface area contributed by atoms with Crippen molar-refractivity contribution in [2.75, 3.05) is 0 Å². The molecule has 7 nitrogen and oxygen atoms in total. The summed E-state index contributed by atoms with van der Waals surface area (Å²) in [7, 11) is 0. The number of carbonyl (C=O) groups excluding carboxylic acids is 3. The summed E-state index contributed by atoms with van der Waals surface area (Å²) < 4.78 is 13.8. The average Bonchev–Trinajstić information content (AvgIpc) is 2.54. The number of hydrogen-bond donors (Lipinski definition) is 3. The summed E-state index contributed by atoms with van der Waals surface area (Å²) in [4.78, 5) is 35.3. The Morgan fingerprint density at radius 3 is 2.40 bits per heavy atom. The van der Waals surface area contributed by atoms with Crippen LogP contribution in [0.2, 0.25) is 0 Å². The van der Waals surface area contributed by atoms with Gasteiger partial charge in [-0.15, -0.1) is 0 Å². The zero-order chi connectivity index (χ0) is 19.0. The molecule has 25 heavy (non-hydrogen) atoms. The molecule has 0 bridgehead atoms. The fourth-order valence-electron chi connectivity index (χ4n) is 2.26. The summed E-state index contributed by atoms with van der Waals surface area (Å²) in [5.74, 6) is -2.94. The van der Waals surface area contributed by atoms with Crippen LogP contribution in [0.1, 0.15) is 25.8 Å². The van der Waals surface area contributed by atoms with Crippen molar-refractivity contribution in [2.24, 2.45) is 11.7 Å². The van der Waals surface area contributed by atoms with Gasteiger partial charge in [0.25, 0.3) is 0 Å². The van der Waals surface area contributed by atoms with Gasteiger partial charge in [-0.3, -0.25) is 14.4 Å². The summed E-state index contributed by atoms with van der Waals surface area (Å²) in [6.07, 6.45) is -0.0402. The lowest BCUT2D eigenvalue weighted by Gasteiger charge is -2.22. The lowest BCUT2D eigenvalue weighted by atomic mass is 10.0. The number of rotatable bonds is 8. The van der Waals surface area contributed by atoms with Crippen LogP contribution in [0.4, 0.5) is 4.39 Å². The van der Waals surface area contributed by atoms with Crippen molar-refractivity contribution in [3.63, 3.8) is 0 Å². The first kappa shape index (κ1) is 20.1. The van der Waals surface area contributed by atoms with Crippen molar-refractivity contribution in [3.05, 3.63) is 35.6 Å². The Morgan fingerprint density at radius 1 is 1.24 bits per heavy atom. The SMILES string of the molecule is CC(=O)N[C@H](Cc1ccccc1F)C(=O)N[C@H](C[C@@H](C)C#N)C(N)=O. The van der Waals surface area contributed by atoms with Crippen LogP contribution in [-0.2, 0) is 20.8 Å². The van der Waals surface area contributed by atoms with Crippen molar-refractivity contribution in [1.82, 2.24) is 10.6 Å². The van der Waals surface area contributed by atoms with Gasteiger partial charge in [0.05, 0.1) is 6.07 Å². The first-order valence-electron chi connectivity index (χ1n) is 7.74. The van der Waals surface area contributed by atoms with E-state index in [1.54, 1.807) is 13.0 Å². The number of nitriles is 1. The van der Waals surface area contributed by atoms with Gasteiger partial charge in [-0.1, -0.05) is 18.2 Å². The largest absolute Gasteiger partial charge is 0.368 e. The van der Waals surface area contributed by atoms with Crippen LogP contribution in [0.25, 0.3) is 0 Å². The number of benzene rings is 1. The third-order valence-corrected chi connectivity index (χ3v) is 3.55. The minimum Gasteiger partial charge on any atom is -0.368 e. The van der Waals surface area contributed by atoms with Crippen molar-refractivity contribution >= 4 is 17.7 Å². The van der Waals surface area contributed by atoms with Crippen LogP contribution in [0.15, 0.2) is 24.3 Å². The molecule has 1 aromatic carbocycles. The number of nitrogens with zero attached hydrogens (tertiary/aromatic N) is 1. The third-order valence-electron chi connectivity index (χ3n) is 3.55. The lowest BCUT2D eigenvalue weighted by Crippen LogP contribution is -2.53. The maximum absolute atomic E-state index is 13.8. The normalized spacial score (nSPS) is 13.8. The number of carbonyl (C=O) groups is 3. The Hall–Kier alpha value is -2.95. The van der Waals surface area contributed by atoms with E-state index >= 15 is 0 Å². The summed E-state index contributed by atoms with van der Waals surface area (Å²) in [6, 6.07) is 5.70. The van der Waals surface area contributed by atoms with Gasteiger partial charge in [0.2, 0.25) is 17.7 Å². The van der Waals surface area contributed by atoms with Crippen molar-refractivity contribution in [2.45, 2.75) is 38.8 Å². The molecule has 0 saturated heterocycles. The fourth-order valence-corrected chi connectivity index (χ4v) is 2.26. The number of amides is 3. The number of primary amides is 1. The summed E-state index contributed by atoms with van der Waals surface area (Å²) in [5.41, 5.74) is 5.50. The summed E-state index contributed by atoms with van der Waals surface area (Å²) >= 11 is 0. The molecule has 0 aliphatic rings. The maximum Gasteiger partial charge on any atom is 0.243 e. The average molecular weight is 348 g/mol. The molecule has 0 radical (unpaired) electrons. The molecule has 0 saturated carbocycles. The first-order valence-corrected chi connectivity index (χ1v) is 7.74. The van der Waals surface area contributed by atoms with Gasteiger partial charge >= 0.3 is 0 Å². The second kappa shape index (κ2) is 9.37. The highest BCUT2D eigenvalue weighted by molar-refractivity contribution is 5.91. The maximum atomic E-state index is 13.8. The number of hydrogen-bond acceptors (Lipinski definition) is 4. The molecule has 1 rings (SSSR count). The molecule has 0 aliphatic carbocycles. The highest BCUT2D eigenvalue weighted by Crippen LogP contribution is 2.10. The Balaban J connectivity index is 2.92. The van der Waals surface area contributed by atoms with Crippen molar-refractivity contribution in [1.29, 1.82) is 5.26 Å². The number of nitrogens with two attached hydrogens (primary N) is 1. The monoisotopic (exact) mass is 348 g/mol. The van der Waals surface area contributed by atoms with Crippen LogP contribution in [0.3, 0.4) is 0 Å². The molecule has 3 amide bonds. The molecule has 4 N–H and O–H groups in total. The van der Waals surface area contributed by atoms with E-state index in [0.717, 1.165) is 0 Å². The molecule has 0 aliphatic heterocycles.